The minimum absolute atomic E-state index is 0.195. The Labute approximate surface area is 162 Å². The number of esters is 1. The van der Waals surface area contributed by atoms with Crippen molar-refractivity contribution in [3.8, 4) is 0 Å². The molecule has 6 nitrogen and oxygen atoms in total. The number of nitrogens with one attached hydrogen (secondary N) is 2. The smallest absolute Gasteiger partial charge is 0.341 e. The van der Waals surface area contributed by atoms with Crippen LogP contribution >= 0.6 is 11.3 Å². The molecule has 0 aliphatic carbocycles. The van der Waals surface area contributed by atoms with Crippen LogP contribution in [-0.2, 0) is 9.53 Å². The highest BCUT2D eigenvalue weighted by molar-refractivity contribution is 7.18. The SMILES string of the molecule is CCOC(=O)c1c(NC(=O)CC)sc(C(=O)NC(C)c2ccccc2)c1C. The molecule has 1 heterocycles. The molecule has 0 spiro atoms. The summed E-state index contributed by atoms with van der Waals surface area (Å²) in [5.41, 5.74) is 1.72. The lowest BCUT2D eigenvalue weighted by Gasteiger charge is -2.14. The fourth-order valence-corrected chi connectivity index (χ4v) is 3.68. The topological polar surface area (TPSA) is 84.5 Å². The summed E-state index contributed by atoms with van der Waals surface area (Å²) in [6.45, 7) is 7.21. The second kappa shape index (κ2) is 9.32. The molecule has 27 heavy (non-hydrogen) atoms. The minimum atomic E-state index is -0.548. The van der Waals surface area contributed by atoms with Gasteiger partial charge in [-0.25, -0.2) is 4.79 Å². The molecule has 2 amide bonds. The van der Waals surface area contributed by atoms with Gasteiger partial charge in [0.25, 0.3) is 5.91 Å². The van der Waals surface area contributed by atoms with Crippen LogP contribution < -0.4 is 10.6 Å². The van der Waals surface area contributed by atoms with Crippen molar-refractivity contribution in [3.63, 3.8) is 0 Å². The highest BCUT2D eigenvalue weighted by Gasteiger charge is 2.27. The van der Waals surface area contributed by atoms with Crippen molar-refractivity contribution < 1.29 is 19.1 Å². The predicted molar refractivity (Wildman–Crippen MR) is 106 cm³/mol. The standard InChI is InChI=1S/C20H24N2O4S/c1-5-15(23)22-19-16(20(25)26-6-2)12(3)17(27-19)18(24)21-13(4)14-10-8-7-9-11-14/h7-11,13H,5-6H2,1-4H3,(H,21,24)(H,22,23). The maximum absolute atomic E-state index is 12.8. The Bertz CT molecular complexity index is 830. The zero-order chi connectivity index (χ0) is 20.0. The summed E-state index contributed by atoms with van der Waals surface area (Å²) in [6, 6.07) is 9.40. The third kappa shape index (κ3) is 4.95. The van der Waals surface area contributed by atoms with Crippen molar-refractivity contribution in [1.82, 2.24) is 5.32 Å². The van der Waals surface area contributed by atoms with Gasteiger partial charge in [-0.05, 0) is 31.9 Å². The van der Waals surface area contributed by atoms with E-state index in [-0.39, 0.29) is 36.4 Å². The first-order chi connectivity index (χ1) is 12.9. The molecule has 144 valence electrons. The molecule has 1 atom stereocenters. The summed E-state index contributed by atoms with van der Waals surface area (Å²) in [5.74, 6) is -1.07. The van der Waals surface area contributed by atoms with E-state index in [9.17, 15) is 14.4 Å². The number of benzene rings is 1. The number of thiophene rings is 1. The Hall–Kier alpha value is -2.67. The number of carbonyl (C=O) groups is 3. The molecule has 0 aliphatic rings. The summed E-state index contributed by atoms with van der Waals surface area (Å²) >= 11 is 1.08. The summed E-state index contributed by atoms with van der Waals surface area (Å²) < 4.78 is 5.09. The van der Waals surface area contributed by atoms with Crippen LogP contribution in [0.25, 0.3) is 0 Å². The van der Waals surface area contributed by atoms with Gasteiger partial charge in [-0.1, -0.05) is 37.3 Å². The maximum atomic E-state index is 12.8. The van der Waals surface area contributed by atoms with E-state index < -0.39 is 5.97 Å². The molecule has 0 bridgehead atoms. The number of anilines is 1. The number of rotatable bonds is 7. The van der Waals surface area contributed by atoms with E-state index in [1.54, 1.807) is 20.8 Å². The van der Waals surface area contributed by atoms with E-state index in [2.05, 4.69) is 10.6 Å². The van der Waals surface area contributed by atoms with Gasteiger partial charge in [0.2, 0.25) is 5.91 Å². The van der Waals surface area contributed by atoms with Crippen LogP contribution in [0.4, 0.5) is 5.00 Å². The molecule has 7 heteroatoms. The first-order valence-electron chi connectivity index (χ1n) is 8.85. The molecule has 1 aromatic heterocycles. The Morgan fingerprint density at radius 3 is 2.41 bits per heavy atom. The lowest BCUT2D eigenvalue weighted by Crippen LogP contribution is -2.26. The monoisotopic (exact) mass is 388 g/mol. The summed E-state index contributed by atoms with van der Waals surface area (Å²) in [4.78, 5) is 37.3. The van der Waals surface area contributed by atoms with Crippen molar-refractivity contribution in [3.05, 3.63) is 51.9 Å². The average Bonchev–Trinajstić information content (AvgIpc) is 2.98. The van der Waals surface area contributed by atoms with E-state index >= 15 is 0 Å². The van der Waals surface area contributed by atoms with Crippen molar-refractivity contribution >= 4 is 34.1 Å². The van der Waals surface area contributed by atoms with Gasteiger partial charge in [0, 0.05) is 6.42 Å². The third-order valence-electron chi connectivity index (χ3n) is 4.05. The van der Waals surface area contributed by atoms with Crippen LogP contribution in [0.15, 0.2) is 30.3 Å². The largest absolute Gasteiger partial charge is 0.462 e. The molecule has 0 fully saturated rings. The van der Waals surface area contributed by atoms with Gasteiger partial charge in [0.1, 0.15) is 5.00 Å². The molecular weight excluding hydrogens is 364 g/mol. The van der Waals surface area contributed by atoms with Gasteiger partial charge in [0.15, 0.2) is 0 Å². The lowest BCUT2D eigenvalue weighted by atomic mass is 10.1. The number of carbonyl (C=O) groups excluding carboxylic acids is 3. The van der Waals surface area contributed by atoms with E-state index in [1.165, 1.54) is 0 Å². The second-order valence-electron chi connectivity index (χ2n) is 5.99. The van der Waals surface area contributed by atoms with Crippen LogP contribution in [0.3, 0.4) is 0 Å². The molecule has 0 aliphatic heterocycles. The highest BCUT2D eigenvalue weighted by Crippen LogP contribution is 2.34. The summed E-state index contributed by atoms with van der Waals surface area (Å²) in [6.07, 6.45) is 0.270. The normalized spacial score (nSPS) is 11.6. The van der Waals surface area contributed by atoms with Crippen LogP contribution in [-0.4, -0.2) is 24.4 Å². The van der Waals surface area contributed by atoms with Crippen molar-refractivity contribution in [2.75, 3.05) is 11.9 Å². The summed E-state index contributed by atoms with van der Waals surface area (Å²) in [5, 5.41) is 5.98. The Morgan fingerprint density at radius 2 is 1.81 bits per heavy atom. The van der Waals surface area contributed by atoms with Crippen molar-refractivity contribution in [1.29, 1.82) is 0 Å². The Kier molecular flexibility index (Phi) is 7.12. The highest BCUT2D eigenvalue weighted by atomic mass is 32.1. The van der Waals surface area contributed by atoms with Crippen LogP contribution in [0.2, 0.25) is 0 Å². The molecule has 2 N–H and O–H groups in total. The van der Waals surface area contributed by atoms with E-state index in [4.69, 9.17) is 4.74 Å². The summed E-state index contributed by atoms with van der Waals surface area (Å²) in [7, 11) is 0. The molecule has 0 radical (unpaired) electrons. The fraction of sp³-hybridized carbons (Fsp3) is 0.350. The predicted octanol–water partition coefficient (Wildman–Crippen LogP) is 4.07. The van der Waals surface area contributed by atoms with Gasteiger partial charge in [-0.15, -0.1) is 11.3 Å². The lowest BCUT2D eigenvalue weighted by molar-refractivity contribution is -0.115. The van der Waals surface area contributed by atoms with Gasteiger partial charge in [0.05, 0.1) is 23.1 Å². The zero-order valence-corrected chi connectivity index (χ0v) is 16.7. The number of hydrogen-bond donors (Lipinski definition) is 2. The van der Waals surface area contributed by atoms with Crippen molar-refractivity contribution in [2.24, 2.45) is 0 Å². The maximum Gasteiger partial charge on any atom is 0.341 e. The van der Waals surface area contributed by atoms with Crippen LogP contribution in [0.1, 0.15) is 64.4 Å². The fourth-order valence-electron chi connectivity index (χ4n) is 2.57. The zero-order valence-electron chi connectivity index (χ0n) is 15.9. The van der Waals surface area contributed by atoms with Crippen LogP contribution in [0.5, 0.6) is 0 Å². The van der Waals surface area contributed by atoms with Gasteiger partial charge >= 0.3 is 5.97 Å². The number of hydrogen-bond acceptors (Lipinski definition) is 5. The third-order valence-corrected chi connectivity index (χ3v) is 5.26. The Balaban J connectivity index is 2.32. The van der Waals surface area contributed by atoms with E-state index in [1.807, 2.05) is 37.3 Å². The average molecular weight is 388 g/mol. The molecule has 2 rings (SSSR count). The van der Waals surface area contributed by atoms with Crippen molar-refractivity contribution in [2.45, 2.75) is 40.2 Å². The molecule has 2 aromatic rings. The Morgan fingerprint density at radius 1 is 1.15 bits per heavy atom. The van der Waals surface area contributed by atoms with Gasteiger partial charge in [-0.2, -0.15) is 0 Å². The second-order valence-corrected chi connectivity index (χ2v) is 7.01. The van der Waals surface area contributed by atoms with Gasteiger partial charge in [-0.3, -0.25) is 9.59 Å². The van der Waals surface area contributed by atoms with E-state index in [0.29, 0.717) is 15.4 Å². The molecule has 1 unspecified atom stereocenters. The number of ether oxygens (including phenoxy) is 1. The first kappa shape index (κ1) is 20.6. The van der Waals surface area contributed by atoms with Crippen LogP contribution in [0, 0.1) is 6.92 Å². The molecule has 1 aromatic carbocycles. The molecule has 0 saturated heterocycles. The van der Waals surface area contributed by atoms with Gasteiger partial charge < -0.3 is 15.4 Å². The first-order valence-corrected chi connectivity index (χ1v) is 9.66. The quantitative estimate of drug-likeness (QED) is 0.700. The minimum Gasteiger partial charge on any atom is -0.462 e. The van der Waals surface area contributed by atoms with E-state index in [0.717, 1.165) is 16.9 Å². The molecule has 0 saturated carbocycles. The molecular formula is C20H24N2O4S. The number of amides is 2.